The van der Waals surface area contributed by atoms with E-state index in [1.165, 1.54) is 7.11 Å². The van der Waals surface area contributed by atoms with Crippen LogP contribution in [-0.4, -0.2) is 58.3 Å². The fourth-order valence-corrected chi connectivity index (χ4v) is 5.65. The number of aryl methyl sites for hydroxylation is 3. The van der Waals surface area contributed by atoms with Crippen molar-refractivity contribution < 1.29 is 14.6 Å². The van der Waals surface area contributed by atoms with E-state index in [-0.39, 0.29) is 28.7 Å². The molecule has 190 valence electrons. The van der Waals surface area contributed by atoms with E-state index in [2.05, 4.69) is 10.2 Å². The number of benzene rings is 1. The van der Waals surface area contributed by atoms with Crippen molar-refractivity contribution in [3.8, 4) is 11.5 Å². The third-order valence-corrected chi connectivity index (χ3v) is 7.61. The molecule has 1 aromatic carbocycles. The van der Waals surface area contributed by atoms with Crippen molar-refractivity contribution in [2.45, 2.75) is 71.4 Å². The van der Waals surface area contributed by atoms with Crippen LogP contribution >= 0.6 is 11.6 Å². The lowest BCUT2D eigenvalue weighted by atomic mass is 10.0. The van der Waals surface area contributed by atoms with Crippen LogP contribution in [-0.2, 0) is 25.8 Å². The summed E-state index contributed by atoms with van der Waals surface area (Å²) in [6.45, 7) is 6.68. The van der Waals surface area contributed by atoms with E-state index in [1.807, 2.05) is 18.4 Å². The van der Waals surface area contributed by atoms with E-state index in [4.69, 9.17) is 21.3 Å². The van der Waals surface area contributed by atoms with E-state index in [1.54, 1.807) is 6.07 Å². The maximum atomic E-state index is 13.1. The van der Waals surface area contributed by atoms with Gasteiger partial charge in [0.2, 0.25) is 0 Å². The van der Waals surface area contributed by atoms with E-state index in [0.29, 0.717) is 30.0 Å². The third-order valence-electron chi connectivity index (χ3n) is 7.32. The number of phenolic OH excluding ortho intramolecular Hbond substituents is 1. The van der Waals surface area contributed by atoms with Gasteiger partial charge in [-0.05, 0) is 63.6 Å². The van der Waals surface area contributed by atoms with Crippen LogP contribution in [0.2, 0.25) is 5.02 Å². The normalized spacial score (nSPS) is 17.9. The van der Waals surface area contributed by atoms with Gasteiger partial charge in [0.05, 0.1) is 12.1 Å². The molecule has 1 amide bonds. The molecule has 2 N–H and O–H groups in total. The fourth-order valence-electron chi connectivity index (χ4n) is 5.35. The first-order valence-corrected chi connectivity index (χ1v) is 12.9. The van der Waals surface area contributed by atoms with Gasteiger partial charge < -0.3 is 15.2 Å². The second kappa shape index (κ2) is 11.0. The molecule has 0 saturated carbocycles. The number of likely N-dealkylation sites (tertiary alicyclic amines) is 1. The van der Waals surface area contributed by atoms with Crippen LogP contribution in [0.25, 0.3) is 0 Å². The highest BCUT2D eigenvalue weighted by Crippen LogP contribution is 2.38. The van der Waals surface area contributed by atoms with E-state index in [9.17, 15) is 14.7 Å². The molecule has 0 spiro atoms. The third kappa shape index (κ3) is 5.19. The van der Waals surface area contributed by atoms with Crippen LogP contribution < -0.4 is 15.6 Å². The zero-order chi connectivity index (χ0) is 25.1. The summed E-state index contributed by atoms with van der Waals surface area (Å²) in [7, 11) is 1.43. The van der Waals surface area contributed by atoms with Crippen molar-refractivity contribution in [3.05, 3.63) is 49.7 Å². The van der Waals surface area contributed by atoms with E-state index >= 15 is 0 Å². The van der Waals surface area contributed by atoms with Crippen molar-refractivity contribution in [2.24, 2.45) is 0 Å². The maximum absolute atomic E-state index is 13.1. The Kier molecular flexibility index (Phi) is 8.02. The molecule has 0 radical (unpaired) electrons. The van der Waals surface area contributed by atoms with Crippen LogP contribution in [0.5, 0.6) is 11.5 Å². The van der Waals surface area contributed by atoms with Gasteiger partial charge in [-0.3, -0.25) is 19.1 Å². The monoisotopic (exact) mass is 502 g/mol. The van der Waals surface area contributed by atoms with E-state index < -0.39 is 5.91 Å². The predicted octanol–water partition coefficient (Wildman–Crippen LogP) is 3.25. The van der Waals surface area contributed by atoms with Gasteiger partial charge in [0.15, 0.2) is 5.75 Å². The zero-order valence-corrected chi connectivity index (χ0v) is 21.6. The van der Waals surface area contributed by atoms with Gasteiger partial charge in [-0.25, -0.2) is 4.98 Å². The average molecular weight is 503 g/mol. The summed E-state index contributed by atoms with van der Waals surface area (Å²) in [4.78, 5) is 33.2. The number of nitrogens with one attached hydrogen (secondary N) is 1. The number of nitrogens with zero attached hydrogens (tertiary/aromatic N) is 3. The molecule has 35 heavy (non-hydrogen) atoms. The Morgan fingerprint density at radius 1 is 1.31 bits per heavy atom. The van der Waals surface area contributed by atoms with E-state index in [0.717, 1.165) is 68.8 Å². The lowest BCUT2D eigenvalue weighted by molar-refractivity contribution is 0.0934. The van der Waals surface area contributed by atoms with Crippen LogP contribution in [0.15, 0.2) is 10.9 Å². The molecule has 8 nitrogen and oxygen atoms in total. The standard InChI is InChI=1S/C26H35ClN4O4/c1-4-17-14-20(27)24(35-3)22(23(17)32)25(33)28-15-18-8-7-11-30(18)13-10-19-16(2)29-21-9-5-6-12-31(21)26(19)34/h14,18,32H,4-13,15H2,1-3H3,(H,28,33)/t18-/m0/s1. The molecule has 3 heterocycles. The minimum atomic E-state index is -0.406. The number of ether oxygens (including phenoxy) is 1. The largest absolute Gasteiger partial charge is 0.507 e. The number of carbonyl (C=O) groups excluding carboxylic acids is 1. The van der Waals surface area contributed by atoms with Crippen molar-refractivity contribution in [1.29, 1.82) is 0 Å². The van der Waals surface area contributed by atoms with Crippen molar-refractivity contribution in [1.82, 2.24) is 19.8 Å². The number of hydrogen-bond donors (Lipinski definition) is 2. The number of phenols is 1. The molecule has 0 bridgehead atoms. The van der Waals surface area contributed by atoms with Crippen molar-refractivity contribution in [3.63, 3.8) is 0 Å². The van der Waals surface area contributed by atoms with Crippen LogP contribution in [0.4, 0.5) is 0 Å². The number of aromatic hydroxyl groups is 1. The molecule has 2 aliphatic rings. The Balaban J connectivity index is 1.43. The second-order valence-corrected chi connectivity index (χ2v) is 9.83. The van der Waals surface area contributed by atoms with Gasteiger partial charge in [-0.15, -0.1) is 0 Å². The molecule has 9 heteroatoms. The SMILES string of the molecule is CCc1cc(Cl)c(OC)c(C(=O)NC[C@@H]2CCCN2CCc2c(C)nc3n(c2=O)CCCC3)c1O. The average Bonchev–Trinajstić information content (AvgIpc) is 3.30. The zero-order valence-electron chi connectivity index (χ0n) is 20.8. The summed E-state index contributed by atoms with van der Waals surface area (Å²) >= 11 is 6.29. The Hall–Kier alpha value is -2.58. The number of amides is 1. The molecule has 1 fully saturated rings. The summed E-state index contributed by atoms with van der Waals surface area (Å²) in [5.74, 6) is 0.593. The Labute approximate surface area is 211 Å². The molecule has 1 atom stereocenters. The summed E-state index contributed by atoms with van der Waals surface area (Å²) in [6, 6.07) is 1.79. The van der Waals surface area contributed by atoms with Gasteiger partial charge in [-0.2, -0.15) is 0 Å². The highest BCUT2D eigenvalue weighted by Gasteiger charge is 2.28. The molecule has 1 aromatic heterocycles. The lowest BCUT2D eigenvalue weighted by Crippen LogP contribution is -2.42. The number of fused-ring (bicyclic) bond motifs is 1. The summed E-state index contributed by atoms with van der Waals surface area (Å²) in [5.41, 5.74) is 2.41. The minimum absolute atomic E-state index is 0.0742. The number of carbonyl (C=O) groups is 1. The minimum Gasteiger partial charge on any atom is -0.507 e. The van der Waals surface area contributed by atoms with Crippen LogP contribution in [0, 0.1) is 6.92 Å². The van der Waals surface area contributed by atoms with Gasteiger partial charge in [0, 0.05) is 43.4 Å². The van der Waals surface area contributed by atoms with Gasteiger partial charge in [0.1, 0.15) is 17.1 Å². The number of hydrogen-bond acceptors (Lipinski definition) is 6. The van der Waals surface area contributed by atoms with Crippen LogP contribution in [0.1, 0.15) is 65.6 Å². The first kappa shape index (κ1) is 25.5. The maximum Gasteiger partial charge on any atom is 0.258 e. The van der Waals surface area contributed by atoms with Crippen LogP contribution in [0.3, 0.4) is 0 Å². The number of aromatic nitrogens is 2. The Bertz CT molecular complexity index is 1160. The quantitative estimate of drug-likeness (QED) is 0.575. The number of methoxy groups -OCH3 is 1. The summed E-state index contributed by atoms with van der Waals surface area (Å²) in [6.07, 6.45) is 6.17. The van der Waals surface area contributed by atoms with Gasteiger partial charge in [0.25, 0.3) is 11.5 Å². The topological polar surface area (TPSA) is 96.7 Å². The predicted molar refractivity (Wildman–Crippen MR) is 136 cm³/mol. The smallest absolute Gasteiger partial charge is 0.258 e. The van der Waals surface area contributed by atoms with Gasteiger partial charge in [-0.1, -0.05) is 18.5 Å². The number of rotatable bonds is 8. The fraction of sp³-hybridized carbons (Fsp3) is 0.577. The molecule has 1 saturated heterocycles. The molecule has 2 aromatic rings. The highest BCUT2D eigenvalue weighted by molar-refractivity contribution is 6.33. The molecule has 4 rings (SSSR count). The molecule has 2 aliphatic heterocycles. The molecule has 0 aliphatic carbocycles. The number of halogens is 1. The molecule has 0 unspecified atom stereocenters. The first-order valence-electron chi connectivity index (χ1n) is 12.5. The highest BCUT2D eigenvalue weighted by atomic mass is 35.5. The summed E-state index contributed by atoms with van der Waals surface area (Å²) < 4.78 is 7.17. The van der Waals surface area contributed by atoms with Gasteiger partial charge >= 0.3 is 0 Å². The second-order valence-electron chi connectivity index (χ2n) is 9.43. The van der Waals surface area contributed by atoms with Crippen molar-refractivity contribution >= 4 is 17.5 Å². The Morgan fingerprint density at radius 3 is 2.86 bits per heavy atom. The molecular formula is C26H35ClN4O4. The first-order chi connectivity index (χ1) is 16.8. The molecular weight excluding hydrogens is 468 g/mol. The van der Waals surface area contributed by atoms with Crippen molar-refractivity contribution in [2.75, 3.05) is 26.7 Å². The lowest BCUT2D eigenvalue weighted by Gasteiger charge is -2.26. The summed E-state index contributed by atoms with van der Waals surface area (Å²) in [5, 5.41) is 13.9. The Morgan fingerprint density at radius 2 is 2.11 bits per heavy atom.